The molecule has 1 atom stereocenters. The highest BCUT2D eigenvalue weighted by atomic mass is 16.1. The Balaban J connectivity index is 2.23. The fourth-order valence-corrected chi connectivity index (χ4v) is 2.21. The molecule has 1 heterocycles. The second kappa shape index (κ2) is 5.29. The third-order valence-corrected chi connectivity index (χ3v) is 3.27. The highest BCUT2D eigenvalue weighted by molar-refractivity contribution is 5.94. The summed E-state index contributed by atoms with van der Waals surface area (Å²) in [6.07, 6.45) is 0. The van der Waals surface area contributed by atoms with Gasteiger partial charge in [0.2, 0.25) is 0 Å². The van der Waals surface area contributed by atoms with Gasteiger partial charge in [-0.05, 0) is 24.7 Å². The predicted molar refractivity (Wildman–Crippen MR) is 68.1 cm³/mol. The average molecular weight is 233 g/mol. The number of amides is 1. The Bertz CT molecular complexity index is 405. The van der Waals surface area contributed by atoms with Crippen LogP contribution in [0, 0.1) is 0 Å². The van der Waals surface area contributed by atoms with Crippen LogP contribution in [0.5, 0.6) is 0 Å². The molecule has 0 aliphatic carbocycles. The SMILES string of the molecule is CNC(=O)c1cccc([C@@H]2CNCCN2C)c1. The minimum Gasteiger partial charge on any atom is -0.355 e. The molecule has 17 heavy (non-hydrogen) atoms. The number of carbonyl (C=O) groups is 1. The van der Waals surface area contributed by atoms with Crippen LogP contribution in [0.1, 0.15) is 22.0 Å². The highest BCUT2D eigenvalue weighted by Gasteiger charge is 2.20. The molecule has 0 saturated carbocycles. The normalized spacial score (nSPS) is 21.2. The molecule has 4 heteroatoms. The van der Waals surface area contributed by atoms with E-state index < -0.39 is 0 Å². The van der Waals surface area contributed by atoms with Crippen molar-refractivity contribution in [2.75, 3.05) is 33.7 Å². The Labute approximate surface area is 102 Å². The zero-order chi connectivity index (χ0) is 12.3. The van der Waals surface area contributed by atoms with Crippen LogP contribution in [0.25, 0.3) is 0 Å². The first-order valence-corrected chi connectivity index (χ1v) is 5.95. The van der Waals surface area contributed by atoms with Crippen molar-refractivity contribution in [2.24, 2.45) is 0 Å². The zero-order valence-corrected chi connectivity index (χ0v) is 10.4. The second-order valence-electron chi connectivity index (χ2n) is 4.41. The average Bonchev–Trinajstić information content (AvgIpc) is 2.38. The summed E-state index contributed by atoms with van der Waals surface area (Å²) >= 11 is 0. The summed E-state index contributed by atoms with van der Waals surface area (Å²) in [5.74, 6) is -0.0294. The van der Waals surface area contributed by atoms with E-state index in [1.54, 1.807) is 7.05 Å². The molecule has 1 amide bonds. The summed E-state index contributed by atoms with van der Waals surface area (Å²) in [7, 11) is 3.78. The molecule has 1 aliphatic heterocycles. The first-order valence-electron chi connectivity index (χ1n) is 5.95. The van der Waals surface area contributed by atoms with Crippen LogP contribution < -0.4 is 10.6 Å². The molecule has 1 aromatic rings. The van der Waals surface area contributed by atoms with Crippen LogP contribution >= 0.6 is 0 Å². The van der Waals surface area contributed by atoms with Crippen molar-refractivity contribution in [1.82, 2.24) is 15.5 Å². The van der Waals surface area contributed by atoms with Gasteiger partial charge >= 0.3 is 0 Å². The van der Waals surface area contributed by atoms with Crippen LogP contribution in [0.2, 0.25) is 0 Å². The Morgan fingerprint density at radius 2 is 2.35 bits per heavy atom. The number of benzene rings is 1. The van der Waals surface area contributed by atoms with Gasteiger partial charge in [-0.3, -0.25) is 9.69 Å². The fourth-order valence-electron chi connectivity index (χ4n) is 2.21. The van der Waals surface area contributed by atoms with Gasteiger partial charge in [0, 0.05) is 38.3 Å². The monoisotopic (exact) mass is 233 g/mol. The Morgan fingerprint density at radius 3 is 3.06 bits per heavy atom. The van der Waals surface area contributed by atoms with E-state index in [-0.39, 0.29) is 5.91 Å². The van der Waals surface area contributed by atoms with Crippen molar-refractivity contribution in [1.29, 1.82) is 0 Å². The lowest BCUT2D eigenvalue weighted by Gasteiger charge is -2.33. The summed E-state index contributed by atoms with van der Waals surface area (Å²) in [5, 5.41) is 6.04. The van der Waals surface area contributed by atoms with E-state index >= 15 is 0 Å². The zero-order valence-electron chi connectivity index (χ0n) is 10.4. The Hall–Kier alpha value is -1.39. The molecule has 0 radical (unpaired) electrons. The van der Waals surface area contributed by atoms with Crippen LogP contribution in [-0.4, -0.2) is 44.5 Å². The molecule has 1 aromatic carbocycles. The Kier molecular flexibility index (Phi) is 3.76. The number of carbonyl (C=O) groups excluding carboxylic acids is 1. The topological polar surface area (TPSA) is 44.4 Å². The van der Waals surface area contributed by atoms with Crippen molar-refractivity contribution in [2.45, 2.75) is 6.04 Å². The van der Waals surface area contributed by atoms with Crippen LogP contribution in [0.3, 0.4) is 0 Å². The molecule has 1 fully saturated rings. The molecule has 92 valence electrons. The molecule has 4 nitrogen and oxygen atoms in total. The lowest BCUT2D eigenvalue weighted by Crippen LogP contribution is -2.43. The van der Waals surface area contributed by atoms with Gasteiger partial charge in [-0.1, -0.05) is 12.1 Å². The third-order valence-electron chi connectivity index (χ3n) is 3.27. The van der Waals surface area contributed by atoms with E-state index in [9.17, 15) is 4.79 Å². The van der Waals surface area contributed by atoms with E-state index in [2.05, 4.69) is 28.6 Å². The predicted octanol–water partition coefficient (Wildman–Crippen LogP) is 0.622. The second-order valence-corrected chi connectivity index (χ2v) is 4.41. The van der Waals surface area contributed by atoms with E-state index in [1.165, 1.54) is 5.56 Å². The molecular weight excluding hydrogens is 214 g/mol. The number of nitrogens with zero attached hydrogens (tertiary/aromatic N) is 1. The van der Waals surface area contributed by atoms with Crippen molar-refractivity contribution in [3.8, 4) is 0 Å². The smallest absolute Gasteiger partial charge is 0.251 e. The summed E-state index contributed by atoms with van der Waals surface area (Å²) < 4.78 is 0. The molecular formula is C13H19N3O. The Morgan fingerprint density at radius 1 is 1.53 bits per heavy atom. The molecule has 2 N–H and O–H groups in total. The standard InChI is InChI=1S/C13H19N3O/c1-14-13(17)11-5-3-4-10(8-11)12-9-15-6-7-16(12)2/h3-5,8,12,15H,6-7,9H2,1-2H3,(H,14,17)/t12-/m0/s1. The highest BCUT2D eigenvalue weighted by Crippen LogP contribution is 2.21. The molecule has 0 unspecified atom stereocenters. The fraction of sp³-hybridized carbons (Fsp3) is 0.462. The lowest BCUT2D eigenvalue weighted by atomic mass is 10.0. The van der Waals surface area contributed by atoms with Crippen molar-refractivity contribution in [3.63, 3.8) is 0 Å². The maximum atomic E-state index is 11.6. The number of rotatable bonds is 2. The van der Waals surface area contributed by atoms with Gasteiger partial charge in [-0.15, -0.1) is 0 Å². The third kappa shape index (κ3) is 2.65. The van der Waals surface area contributed by atoms with Crippen LogP contribution in [0.4, 0.5) is 0 Å². The number of likely N-dealkylation sites (N-methyl/N-ethyl adjacent to an activating group) is 1. The van der Waals surface area contributed by atoms with Gasteiger partial charge in [-0.2, -0.15) is 0 Å². The van der Waals surface area contributed by atoms with Crippen molar-refractivity contribution in [3.05, 3.63) is 35.4 Å². The van der Waals surface area contributed by atoms with Gasteiger partial charge in [0.15, 0.2) is 0 Å². The van der Waals surface area contributed by atoms with Gasteiger partial charge < -0.3 is 10.6 Å². The van der Waals surface area contributed by atoms with E-state index in [4.69, 9.17) is 0 Å². The molecule has 0 bridgehead atoms. The van der Waals surface area contributed by atoms with Crippen LogP contribution in [-0.2, 0) is 0 Å². The number of piperazine rings is 1. The summed E-state index contributed by atoms with van der Waals surface area (Å²) in [6, 6.07) is 8.21. The van der Waals surface area contributed by atoms with Gasteiger partial charge in [0.25, 0.3) is 5.91 Å². The minimum absolute atomic E-state index is 0.0294. The van der Waals surface area contributed by atoms with Gasteiger partial charge in [0.1, 0.15) is 0 Å². The van der Waals surface area contributed by atoms with Gasteiger partial charge in [0.05, 0.1) is 0 Å². The quantitative estimate of drug-likeness (QED) is 0.787. The van der Waals surface area contributed by atoms with E-state index in [1.807, 2.05) is 18.2 Å². The molecule has 1 saturated heterocycles. The first kappa shape index (κ1) is 12.1. The van der Waals surface area contributed by atoms with Crippen molar-refractivity contribution >= 4 is 5.91 Å². The molecule has 0 spiro atoms. The maximum Gasteiger partial charge on any atom is 0.251 e. The lowest BCUT2D eigenvalue weighted by molar-refractivity contribution is 0.0962. The number of hydrogen-bond acceptors (Lipinski definition) is 3. The molecule has 0 aromatic heterocycles. The first-order chi connectivity index (χ1) is 8.22. The minimum atomic E-state index is -0.0294. The largest absolute Gasteiger partial charge is 0.355 e. The molecule has 1 aliphatic rings. The van der Waals surface area contributed by atoms with Gasteiger partial charge in [-0.25, -0.2) is 0 Å². The summed E-state index contributed by atoms with van der Waals surface area (Å²) in [6.45, 7) is 3.00. The number of nitrogens with one attached hydrogen (secondary N) is 2. The van der Waals surface area contributed by atoms with E-state index in [0.29, 0.717) is 6.04 Å². The summed E-state index contributed by atoms with van der Waals surface area (Å²) in [5.41, 5.74) is 1.92. The van der Waals surface area contributed by atoms with Crippen LogP contribution in [0.15, 0.2) is 24.3 Å². The number of hydrogen-bond donors (Lipinski definition) is 2. The maximum absolute atomic E-state index is 11.6. The van der Waals surface area contributed by atoms with E-state index in [0.717, 1.165) is 25.2 Å². The van der Waals surface area contributed by atoms with Crippen molar-refractivity contribution < 1.29 is 4.79 Å². The summed E-state index contributed by atoms with van der Waals surface area (Å²) in [4.78, 5) is 13.9. The molecule has 2 rings (SSSR count).